The van der Waals surface area contributed by atoms with Gasteiger partial charge in [0.2, 0.25) is 15.0 Å². The molecule has 0 spiro atoms. The minimum absolute atomic E-state index is 0.153. The first-order valence-corrected chi connectivity index (χ1v) is 13.5. The molecule has 0 aliphatic heterocycles. The zero-order valence-corrected chi connectivity index (χ0v) is 21.9. The van der Waals surface area contributed by atoms with Crippen molar-refractivity contribution >= 4 is 58.7 Å². The van der Waals surface area contributed by atoms with Crippen molar-refractivity contribution in [3.05, 3.63) is 115 Å². The van der Waals surface area contributed by atoms with Crippen LogP contribution < -0.4 is 5.63 Å². The molecule has 0 bridgehead atoms. The first-order chi connectivity index (χ1) is 16.8. The fourth-order valence-electron chi connectivity index (χ4n) is 3.60. The summed E-state index contributed by atoms with van der Waals surface area (Å²) < 4.78 is 35.1. The van der Waals surface area contributed by atoms with Crippen LogP contribution in [0.15, 0.2) is 114 Å². The van der Waals surface area contributed by atoms with Crippen molar-refractivity contribution in [1.82, 2.24) is 9.55 Å². The number of para-hydroxylation sites is 1. The Kier molecular flexibility index (Phi) is 6.31. The van der Waals surface area contributed by atoms with Crippen molar-refractivity contribution in [2.45, 2.75) is 5.16 Å². The van der Waals surface area contributed by atoms with Gasteiger partial charge in [-0.2, -0.15) is 0 Å². The molecule has 174 valence electrons. The molecule has 0 atom stereocenters. The Morgan fingerprint density at radius 1 is 0.914 bits per heavy atom. The van der Waals surface area contributed by atoms with E-state index in [2.05, 4.69) is 36.8 Å². The number of fused-ring (bicyclic) bond motifs is 1. The SMILES string of the molecule is O=c1oc2c(Br)cc(Br)cc2cc1-c1cn(-c2ccccc2)c(S(=O)(=O)/C=C\c2ccccc2)n1. The fourth-order valence-corrected chi connectivity index (χ4v) is 6.05. The topological polar surface area (TPSA) is 82.2 Å². The van der Waals surface area contributed by atoms with E-state index >= 15 is 0 Å². The highest BCUT2D eigenvalue weighted by Crippen LogP contribution is 2.31. The Bertz CT molecular complexity index is 1740. The third kappa shape index (κ3) is 4.80. The number of halogens is 2. The minimum Gasteiger partial charge on any atom is -0.421 e. The van der Waals surface area contributed by atoms with Gasteiger partial charge in [-0.1, -0.05) is 64.5 Å². The van der Waals surface area contributed by atoms with Crippen LogP contribution >= 0.6 is 31.9 Å². The minimum atomic E-state index is -3.97. The molecule has 0 fully saturated rings. The van der Waals surface area contributed by atoms with E-state index in [1.807, 2.05) is 24.3 Å². The lowest BCUT2D eigenvalue weighted by Gasteiger charge is -2.06. The molecule has 9 heteroatoms. The maximum absolute atomic E-state index is 13.3. The van der Waals surface area contributed by atoms with Crippen LogP contribution in [0.5, 0.6) is 0 Å². The smallest absolute Gasteiger partial charge is 0.345 e. The van der Waals surface area contributed by atoms with Gasteiger partial charge in [0.15, 0.2) is 5.58 Å². The lowest BCUT2D eigenvalue weighted by atomic mass is 10.1. The van der Waals surface area contributed by atoms with Crippen LogP contribution in [0.3, 0.4) is 0 Å². The van der Waals surface area contributed by atoms with Gasteiger partial charge in [0.1, 0.15) is 0 Å². The average molecular weight is 612 g/mol. The van der Waals surface area contributed by atoms with Gasteiger partial charge >= 0.3 is 5.63 Å². The summed E-state index contributed by atoms with van der Waals surface area (Å²) in [4.78, 5) is 17.3. The number of aromatic nitrogens is 2. The number of nitrogens with zero attached hydrogens (tertiary/aromatic N) is 2. The predicted molar refractivity (Wildman–Crippen MR) is 143 cm³/mol. The van der Waals surface area contributed by atoms with Gasteiger partial charge in [-0.05, 0) is 57.9 Å². The van der Waals surface area contributed by atoms with Crippen LogP contribution in [-0.2, 0) is 9.84 Å². The molecule has 0 aliphatic carbocycles. The molecule has 2 aromatic heterocycles. The second-order valence-electron chi connectivity index (χ2n) is 7.63. The summed E-state index contributed by atoms with van der Waals surface area (Å²) in [6.07, 6.45) is 3.04. The maximum Gasteiger partial charge on any atom is 0.345 e. The molecule has 0 N–H and O–H groups in total. The highest BCUT2D eigenvalue weighted by molar-refractivity contribution is 9.11. The third-order valence-corrected chi connectivity index (χ3v) is 7.57. The number of sulfone groups is 1. The monoisotopic (exact) mass is 610 g/mol. The van der Waals surface area contributed by atoms with E-state index < -0.39 is 15.5 Å². The molecule has 3 aromatic carbocycles. The molecule has 6 nitrogen and oxygen atoms in total. The normalized spacial score (nSPS) is 11.9. The number of benzene rings is 3. The number of imidazole rings is 1. The highest BCUT2D eigenvalue weighted by atomic mass is 79.9. The Balaban J connectivity index is 1.69. The number of rotatable bonds is 5. The molecule has 0 aliphatic rings. The van der Waals surface area contributed by atoms with Crippen LogP contribution in [0.4, 0.5) is 0 Å². The summed E-state index contributed by atoms with van der Waals surface area (Å²) in [5.74, 6) is 0. The Hall–Kier alpha value is -3.27. The molecular weight excluding hydrogens is 596 g/mol. The van der Waals surface area contributed by atoms with Gasteiger partial charge < -0.3 is 4.42 Å². The van der Waals surface area contributed by atoms with Crippen LogP contribution in [0.1, 0.15) is 5.56 Å². The van der Waals surface area contributed by atoms with E-state index in [-0.39, 0.29) is 16.4 Å². The zero-order valence-electron chi connectivity index (χ0n) is 17.9. The molecule has 0 radical (unpaired) electrons. The van der Waals surface area contributed by atoms with Crippen LogP contribution in [0, 0.1) is 0 Å². The molecule has 2 heterocycles. The van der Waals surface area contributed by atoms with Gasteiger partial charge in [0.25, 0.3) is 0 Å². The molecule has 35 heavy (non-hydrogen) atoms. The van der Waals surface area contributed by atoms with E-state index in [1.165, 1.54) is 16.8 Å². The van der Waals surface area contributed by atoms with Gasteiger partial charge in [-0.25, -0.2) is 18.2 Å². The van der Waals surface area contributed by atoms with Gasteiger partial charge in [-0.3, -0.25) is 4.57 Å². The van der Waals surface area contributed by atoms with Gasteiger partial charge in [0.05, 0.1) is 15.7 Å². The Morgan fingerprint density at radius 2 is 1.60 bits per heavy atom. The maximum atomic E-state index is 13.3. The van der Waals surface area contributed by atoms with Crippen molar-refractivity contribution in [3.63, 3.8) is 0 Å². The van der Waals surface area contributed by atoms with Crippen molar-refractivity contribution in [3.8, 4) is 16.9 Å². The third-order valence-electron chi connectivity index (χ3n) is 5.23. The molecule has 0 saturated heterocycles. The molecule has 5 rings (SSSR count). The van der Waals surface area contributed by atoms with E-state index in [9.17, 15) is 13.2 Å². The lowest BCUT2D eigenvalue weighted by Crippen LogP contribution is -2.06. The van der Waals surface area contributed by atoms with Crippen LogP contribution in [-0.4, -0.2) is 18.0 Å². The largest absolute Gasteiger partial charge is 0.421 e. The molecule has 5 aromatic rings. The molecule has 0 amide bonds. The second kappa shape index (κ2) is 9.41. The van der Waals surface area contributed by atoms with Crippen molar-refractivity contribution in [2.24, 2.45) is 0 Å². The van der Waals surface area contributed by atoms with E-state index in [1.54, 1.807) is 54.6 Å². The van der Waals surface area contributed by atoms with Crippen molar-refractivity contribution in [2.75, 3.05) is 0 Å². The Morgan fingerprint density at radius 3 is 2.31 bits per heavy atom. The first-order valence-electron chi connectivity index (χ1n) is 10.4. The van der Waals surface area contributed by atoms with Crippen LogP contribution in [0.25, 0.3) is 34.0 Å². The summed E-state index contributed by atoms with van der Waals surface area (Å²) in [5, 5.41) is 1.56. The van der Waals surface area contributed by atoms with E-state index in [0.29, 0.717) is 21.1 Å². The summed E-state index contributed by atoms with van der Waals surface area (Å²) in [6, 6.07) is 23.3. The summed E-state index contributed by atoms with van der Waals surface area (Å²) in [7, 11) is -3.97. The highest BCUT2D eigenvalue weighted by Gasteiger charge is 2.23. The molecular formula is C26H16Br2N2O4S. The standard InChI is InChI=1S/C26H16Br2N2O4S/c27-19-13-18-14-21(25(31)34-24(18)22(28)15-19)23-16-30(20-9-5-2-6-10-20)26(29-23)35(32,33)12-11-17-7-3-1-4-8-17/h1-16H/b12-11-. The molecule has 0 unspecified atom stereocenters. The fraction of sp³-hybridized carbons (Fsp3) is 0. The van der Waals surface area contributed by atoms with Gasteiger partial charge in [-0.15, -0.1) is 0 Å². The predicted octanol–water partition coefficient (Wildman–Crippen LogP) is 6.62. The summed E-state index contributed by atoms with van der Waals surface area (Å²) >= 11 is 6.84. The van der Waals surface area contributed by atoms with Crippen molar-refractivity contribution < 1.29 is 12.8 Å². The van der Waals surface area contributed by atoms with E-state index in [4.69, 9.17) is 4.42 Å². The van der Waals surface area contributed by atoms with E-state index in [0.717, 1.165) is 15.4 Å². The number of hydrogen-bond donors (Lipinski definition) is 0. The first kappa shape index (κ1) is 23.5. The quantitative estimate of drug-likeness (QED) is 0.209. The average Bonchev–Trinajstić information content (AvgIpc) is 3.31. The zero-order chi connectivity index (χ0) is 24.6. The van der Waals surface area contributed by atoms with Gasteiger partial charge in [0, 0.05) is 27.2 Å². The summed E-state index contributed by atoms with van der Waals surface area (Å²) in [5.41, 5.74) is 1.44. The lowest BCUT2D eigenvalue weighted by molar-refractivity contribution is 0.561. The summed E-state index contributed by atoms with van der Waals surface area (Å²) in [6.45, 7) is 0. The number of hydrogen-bond acceptors (Lipinski definition) is 5. The Labute approximate surface area is 217 Å². The van der Waals surface area contributed by atoms with Crippen LogP contribution in [0.2, 0.25) is 0 Å². The van der Waals surface area contributed by atoms with Crippen molar-refractivity contribution in [1.29, 1.82) is 0 Å². The second-order valence-corrected chi connectivity index (χ2v) is 11.1. The molecule has 0 saturated carbocycles.